The van der Waals surface area contributed by atoms with Gasteiger partial charge in [-0.25, -0.2) is 0 Å². The first-order valence-corrected chi connectivity index (χ1v) is 15.6. The lowest BCUT2D eigenvalue weighted by Crippen LogP contribution is -2.32. The monoisotopic (exact) mass is 600 g/mol. The maximum absolute atomic E-state index is 9.77. The molecule has 0 unspecified atom stereocenters. The van der Waals surface area contributed by atoms with E-state index in [1.807, 2.05) is 67.0 Å². The van der Waals surface area contributed by atoms with Gasteiger partial charge in [-0.2, -0.15) is 5.26 Å². The maximum atomic E-state index is 9.77. The van der Waals surface area contributed by atoms with Gasteiger partial charge in [-0.05, 0) is 77.9 Å². The summed E-state index contributed by atoms with van der Waals surface area (Å²) in [5.74, 6) is 1.67. The summed E-state index contributed by atoms with van der Waals surface area (Å²) in [6, 6.07) is 48.3. The number of nitriles is 1. The van der Waals surface area contributed by atoms with Gasteiger partial charge in [0.15, 0.2) is 0 Å². The van der Waals surface area contributed by atoms with Gasteiger partial charge in [-0.3, -0.25) is 9.97 Å². The van der Waals surface area contributed by atoms with E-state index < -0.39 is 5.41 Å². The number of benzene rings is 5. The van der Waals surface area contributed by atoms with E-state index in [0.717, 1.165) is 83.8 Å². The summed E-state index contributed by atoms with van der Waals surface area (Å²) in [4.78, 5) is 10.0. The van der Waals surface area contributed by atoms with Crippen molar-refractivity contribution in [1.82, 2.24) is 14.5 Å². The molecule has 0 fully saturated rings. The Labute approximate surface area is 270 Å². The van der Waals surface area contributed by atoms with Crippen LogP contribution in [0.3, 0.4) is 0 Å². The normalized spacial score (nSPS) is 13.4. The van der Waals surface area contributed by atoms with E-state index >= 15 is 0 Å². The summed E-state index contributed by atoms with van der Waals surface area (Å²) in [5, 5.41) is 11.9. The van der Waals surface area contributed by atoms with E-state index in [0.29, 0.717) is 5.56 Å². The summed E-state index contributed by atoms with van der Waals surface area (Å²) in [7, 11) is 0. The maximum Gasteiger partial charge on any atom is 0.132 e. The van der Waals surface area contributed by atoms with Crippen LogP contribution in [0.25, 0.3) is 50.0 Å². The lowest BCUT2D eigenvalue weighted by Gasteiger charge is -2.38. The Bertz CT molecular complexity index is 2580. The lowest BCUT2D eigenvalue weighted by molar-refractivity contribution is 0.436. The number of nitrogens with zero attached hydrogens (tertiary/aromatic N) is 4. The van der Waals surface area contributed by atoms with Gasteiger partial charge in [0, 0.05) is 51.1 Å². The predicted octanol–water partition coefficient (Wildman–Crippen LogP) is 9.58. The molecule has 47 heavy (non-hydrogen) atoms. The van der Waals surface area contributed by atoms with Gasteiger partial charge in [0.25, 0.3) is 0 Å². The molecule has 5 aromatic carbocycles. The van der Waals surface area contributed by atoms with Gasteiger partial charge >= 0.3 is 0 Å². The Kier molecular flexibility index (Phi) is 5.21. The summed E-state index contributed by atoms with van der Waals surface area (Å²) in [5.41, 5.74) is 11.4. The van der Waals surface area contributed by atoms with Crippen molar-refractivity contribution in [3.05, 3.63) is 174 Å². The van der Waals surface area contributed by atoms with Crippen molar-refractivity contribution in [2.45, 2.75) is 5.41 Å². The van der Waals surface area contributed by atoms with Crippen molar-refractivity contribution in [2.75, 3.05) is 0 Å². The second-order valence-corrected chi connectivity index (χ2v) is 12.1. The smallest absolute Gasteiger partial charge is 0.132 e. The number of hydrogen-bond acceptors (Lipinski definition) is 4. The zero-order chi connectivity index (χ0) is 31.1. The Morgan fingerprint density at radius 3 is 2.00 bits per heavy atom. The number of ether oxygens (including phenoxy) is 1. The van der Waals surface area contributed by atoms with E-state index in [4.69, 9.17) is 14.7 Å². The number of pyridine rings is 2. The van der Waals surface area contributed by atoms with Crippen LogP contribution in [0.4, 0.5) is 0 Å². The molecule has 5 heteroatoms. The van der Waals surface area contributed by atoms with Crippen molar-refractivity contribution in [3.63, 3.8) is 0 Å². The first kappa shape index (κ1) is 25.8. The Balaban J connectivity index is 1.25. The molecule has 10 rings (SSSR count). The average Bonchev–Trinajstić information content (AvgIpc) is 3.62. The number of rotatable bonds is 2. The third kappa shape index (κ3) is 3.41. The summed E-state index contributed by atoms with van der Waals surface area (Å²) in [6.07, 6.45) is 3.81. The van der Waals surface area contributed by atoms with Crippen LogP contribution in [0.15, 0.2) is 146 Å². The third-order valence-electron chi connectivity index (χ3n) is 9.77. The van der Waals surface area contributed by atoms with E-state index in [9.17, 15) is 5.26 Å². The van der Waals surface area contributed by atoms with Gasteiger partial charge < -0.3 is 9.30 Å². The Morgan fingerprint density at radius 2 is 1.23 bits per heavy atom. The lowest BCUT2D eigenvalue weighted by atomic mass is 9.66. The van der Waals surface area contributed by atoms with Crippen molar-refractivity contribution in [3.8, 4) is 45.8 Å². The summed E-state index contributed by atoms with van der Waals surface area (Å²) in [6.45, 7) is 0. The highest BCUT2D eigenvalue weighted by Crippen LogP contribution is 2.61. The standard InChI is InChI=1S/C42H24N4O/c43-24-26-16-18-36-30(21-26)31-22-27(17-19-37(31)46(36)29-9-2-1-3-10-29)28-23-35-41(45-25-28)40-34(13-8-20-44-40)42(35)32-11-4-6-14-38(32)47-39-15-7-5-12-33(39)42/h1-23,25H. The van der Waals surface area contributed by atoms with E-state index in [-0.39, 0.29) is 0 Å². The predicted molar refractivity (Wildman–Crippen MR) is 184 cm³/mol. The molecule has 0 atom stereocenters. The van der Waals surface area contributed by atoms with Crippen LogP contribution in [0.1, 0.15) is 27.8 Å². The molecule has 0 saturated heterocycles. The largest absolute Gasteiger partial charge is 0.457 e. The molecular weight excluding hydrogens is 576 g/mol. The SMILES string of the molecule is N#Cc1ccc2c(c1)c1cc(-c3cnc4c(c3)C3(c5ccccc5Oc5ccccc53)c3cccnc3-4)ccc1n2-c1ccccc1. The Hall–Kier alpha value is -6.51. The molecule has 218 valence electrons. The first-order valence-electron chi connectivity index (χ1n) is 15.6. The molecule has 2 aliphatic rings. The molecule has 3 aromatic heterocycles. The zero-order valence-corrected chi connectivity index (χ0v) is 25.1. The number of aromatic nitrogens is 3. The molecular formula is C42H24N4O. The van der Waals surface area contributed by atoms with Crippen LogP contribution < -0.4 is 4.74 Å². The molecule has 0 radical (unpaired) electrons. The molecule has 0 saturated carbocycles. The van der Waals surface area contributed by atoms with Crippen molar-refractivity contribution < 1.29 is 4.74 Å². The quantitative estimate of drug-likeness (QED) is 0.198. The van der Waals surface area contributed by atoms with Gasteiger partial charge in [0.2, 0.25) is 0 Å². The highest BCUT2D eigenvalue weighted by molar-refractivity contribution is 6.11. The minimum atomic E-state index is -0.636. The summed E-state index contributed by atoms with van der Waals surface area (Å²) < 4.78 is 8.76. The molecule has 8 aromatic rings. The van der Waals surface area contributed by atoms with Crippen LogP contribution in [-0.4, -0.2) is 14.5 Å². The number of para-hydroxylation sites is 3. The van der Waals surface area contributed by atoms with Crippen LogP contribution in [-0.2, 0) is 5.41 Å². The summed E-state index contributed by atoms with van der Waals surface area (Å²) >= 11 is 0. The zero-order valence-electron chi connectivity index (χ0n) is 25.1. The number of fused-ring (bicyclic) bond motifs is 12. The molecule has 4 heterocycles. The molecule has 1 aliphatic carbocycles. The van der Waals surface area contributed by atoms with Gasteiger partial charge in [-0.15, -0.1) is 0 Å². The fourth-order valence-electron chi connectivity index (χ4n) is 7.84. The van der Waals surface area contributed by atoms with Crippen LogP contribution in [0.5, 0.6) is 11.5 Å². The average molecular weight is 601 g/mol. The molecule has 1 aliphatic heterocycles. The molecule has 0 bridgehead atoms. The van der Waals surface area contributed by atoms with Gasteiger partial charge in [0.05, 0.1) is 39.5 Å². The molecule has 5 nitrogen and oxygen atoms in total. The second kappa shape index (κ2) is 9.50. The minimum absolute atomic E-state index is 0.636. The fraction of sp³-hybridized carbons (Fsp3) is 0.0238. The highest BCUT2D eigenvalue weighted by Gasteiger charge is 2.52. The van der Waals surface area contributed by atoms with Gasteiger partial charge in [-0.1, -0.05) is 66.7 Å². The van der Waals surface area contributed by atoms with Crippen LogP contribution >= 0.6 is 0 Å². The third-order valence-corrected chi connectivity index (χ3v) is 9.77. The topological polar surface area (TPSA) is 63.7 Å². The number of hydrogen-bond donors (Lipinski definition) is 0. The second-order valence-electron chi connectivity index (χ2n) is 12.1. The van der Waals surface area contributed by atoms with Crippen LogP contribution in [0.2, 0.25) is 0 Å². The van der Waals surface area contributed by atoms with Crippen molar-refractivity contribution in [2.24, 2.45) is 0 Å². The highest BCUT2D eigenvalue weighted by atomic mass is 16.5. The molecule has 0 N–H and O–H groups in total. The molecule has 1 spiro atoms. The minimum Gasteiger partial charge on any atom is -0.457 e. The van der Waals surface area contributed by atoms with E-state index in [1.54, 1.807) is 0 Å². The van der Waals surface area contributed by atoms with E-state index in [1.165, 1.54) is 0 Å². The first-order chi connectivity index (χ1) is 23.3. The van der Waals surface area contributed by atoms with Crippen LogP contribution in [0, 0.1) is 11.3 Å². The fourth-order valence-corrected chi connectivity index (χ4v) is 7.84. The Morgan fingerprint density at radius 1 is 0.574 bits per heavy atom. The van der Waals surface area contributed by atoms with Crippen molar-refractivity contribution in [1.29, 1.82) is 5.26 Å². The van der Waals surface area contributed by atoms with Gasteiger partial charge in [0.1, 0.15) is 11.5 Å². The van der Waals surface area contributed by atoms with E-state index in [2.05, 4.69) is 89.5 Å². The van der Waals surface area contributed by atoms with Crippen molar-refractivity contribution >= 4 is 21.8 Å². The molecule has 0 amide bonds.